The molecule has 146 valence electrons. The number of nitrogens with one attached hydrogen (secondary N) is 1. The molecule has 1 atom stereocenters. The fourth-order valence-electron chi connectivity index (χ4n) is 5.49. The Morgan fingerprint density at radius 3 is 2.10 bits per heavy atom. The molecule has 3 aromatic carbocycles. The Morgan fingerprint density at radius 1 is 0.867 bits per heavy atom. The van der Waals surface area contributed by atoms with Crippen LogP contribution in [0.2, 0.25) is 0 Å². The van der Waals surface area contributed by atoms with Crippen LogP contribution in [0.5, 0.6) is 0 Å². The quantitative estimate of drug-likeness (QED) is 0.520. The summed E-state index contributed by atoms with van der Waals surface area (Å²) < 4.78 is 0. The third-order valence-electron chi connectivity index (χ3n) is 6.58. The fourth-order valence-corrected chi connectivity index (χ4v) is 5.49. The van der Waals surface area contributed by atoms with Crippen LogP contribution >= 0.6 is 0 Å². The van der Waals surface area contributed by atoms with Crippen molar-refractivity contribution in [2.45, 2.75) is 18.1 Å². The third kappa shape index (κ3) is 2.06. The molecule has 0 radical (unpaired) electrons. The highest BCUT2D eigenvalue weighted by Crippen LogP contribution is 2.58. The van der Waals surface area contributed by atoms with Gasteiger partial charge in [0.2, 0.25) is 0 Å². The Morgan fingerprint density at radius 2 is 1.47 bits per heavy atom. The van der Waals surface area contributed by atoms with E-state index in [1.807, 2.05) is 42.6 Å². The second kappa shape index (κ2) is 6.18. The van der Waals surface area contributed by atoms with Gasteiger partial charge in [-0.3, -0.25) is 9.69 Å². The summed E-state index contributed by atoms with van der Waals surface area (Å²) in [6.07, 6.45) is 1.84. The molecule has 0 spiro atoms. The number of carboxylic acid groups (broad SMARTS) is 1. The molecule has 0 saturated carbocycles. The zero-order valence-corrected chi connectivity index (χ0v) is 16.2. The third-order valence-corrected chi connectivity index (χ3v) is 6.58. The molecule has 2 aliphatic rings. The SMILES string of the molecule is O=C(O)[C@@H]1c2cc[nH]c2CN1C1(c2ccccc2)c2ccccc2-c2ccccc21. The van der Waals surface area contributed by atoms with E-state index in [0.717, 1.165) is 39.1 Å². The van der Waals surface area contributed by atoms with Gasteiger partial charge < -0.3 is 10.1 Å². The summed E-state index contributed by atoms with van der Waals surface area (Å²) in [5, 5.41) is 10.3. The van der Waals surface area contributed by atoms with Gasteiger partial charge in [-0.2, -0.15) is 0 Å². The van der Waals surface area contributed by atoms with Crippen molar-refractivity contribution in [2.75, 3.05) is 0 Å². The van der Waals surface area contributed by atoms with Crippen LogP contribution in [0.4, 0.5) is 0 Å². The maximum atomic E-state index is 12.6. The Balaban J connectivity index is 1.72. The lowest BCUT2D eigenvalue weighted by molar-refractivity contribution is -0.145. The topological polar surface area (TPSA) is 56.3 Å². The molecule has 1 aliphatic carbocycles. The first kappa shape index (κ1) is 17.2. The van der Waals surface area contributed by atoms with Crippen LogP contribution in [-0.2, 0) is 16.9 Å². The molecule has 0 amide bonds. The highest BCUT2D eigenvalue weighted by Gasteiger charge is 2.55. The number of aliphatic carboxylic acids is 1. The van der Waals surface area contributed by atoms with Crippen molar-refractivity contribution in [1.29, 1.82) is 0 Å². The molecule has 1 aliphatic heterocycles. The van der Waals surface area contributed by atoms with E-state index in [-0.39, 0.29) is 0 Å². The minimum absolute atomic E-state index is 0.539. The van der Waals surface area contributed by atoms with Gasteiger partial charge in [0.05, 0.1) is 5.54 Å². The van der Waals surface area contributed by atoms with Gasteiger partial charge in [0.25, 0.3) is 0 Å². The van der Waals surface area contributed by atoms with Crippen molar-refractivity contribution in [3.8, 4) is 11.1 Å². The molecule has 4 nitrogen and oxygen atoms in total. The van der Waals surface area contributed by atoms with Crippen LogP contribution in [0.15, 0.2) is 91.1 Å². The minimum Gasteiger partial charge on any atom is -0.480 e. The van der Waals surface area contributed by atoms with E-state index < -0.39 is 17.6 Å². The van der Waals surface area contributed by atoms with E-state index in [0.29, 0.717) is 6.54 Å². The number of H-pyrrole nitrogens is 1. The van der Waals surface area contributed by atoms with E-state index in [1.54, 1.807) is 0 Å². The van der Waals surface area contributed by atoms with Gasteiger partial charge in [0.15, 0.2) is 0 Å². The first-order chi connectivity index (χ1) is 14.7. The van der Waals surface area contributed by atoms with Gasteiger partial charge in [0, 0.05) is 24.0 Å². The highest BCUT2D eigenvalue weighted by molar-refractivity contribution is 5.85. The normalized spacial score (nSPS) is 18.6. The van der Waals surface area contributed by atoms with Crippen LogP contribution < -0.4 is 0 Å². The number of fused-ring (bicyclic) bond motifs is 4. The molecule has 2 heterocycles. The van der Waals surface area contributed by atoms with Crippen molar-refractivity contribution < 1.29 is 9.90 Å². The van der Waals surface area contributed by atoms with Crippen molar-refractivity contribution in [3.63, 3.8) is 0 Å². The van der Waals surface area contributed by atoms with Crippen LogP contribution in [0.25, 0.3) is 11.1 Å². The second-order valence-electron chi connectivity index (χ2n) is 7.95. The molecular formula is C26H20N2O2. The van der Waals surface area contributed by atoms with Crippen molar-refractivity contribution >= 4 is 5.97 Å². The number of aromatic nitrogens is 1. The van der Waals surface area contributed by atoms with Gasteiger partial charge in [-0.1, -0.05) is 78.9 Å². The monoisotopic (exact) mass is 392 g/mol. The zero-order chi connectivity index (χ0) is 20.3. The number of hydrogen-bond donors (Lipinski definition) is 2. The highest BCUT2D eigenvalue weighted by atomic mass is 16.4. The fraction of sp³-hybridized carbons (Fsp3) is 0.115. The number of rotatable bonds is 3. The van der Waals surface area contributed by atoms with E-state index in [4.69, 9.17) is 0 Å². The molecule has 4 aromatic rings. The zero-order valence-electron chi connectivity index (χ0n) is 16.2. The molecule has 4 heteroatoms. The lowest BCUT2D eigenvalue weighted by Gasteiger charge is -2.43. The van der Waals surface area contributed by atoms with Crippen molar-refractivity contribution in [1.82, 2.24) is 9.88 Å². The Hall–Kier alpha value is -3.63. The molecule has 0 saturated heterocycles. The number of carboxylic acids is 1. The number of carbonyl (C=O) groups is 1. The average molecular weight is 392 g/mol. The largest absolute Gasteiger partial charge is 0.480 e. The van der Waals surface area contributed by atoms with Crippen LogP contribution in [0, 0.1) is 0 Å². The van der Waals surface area contributed by atoms with Gasteiger partial charge in [-0.05, 0) is 33.9 Å². The molecule has 30 heavy (non-hydrogen) atoms. The van der Waals surface area contributed by atoms with E-state index in [9.17, 15) is 9.90 Å². The molecule has 0 fully saturated rings. The van der Waals surface area contributed by atoms with E-state index in [2.05, 4.69) is 58.4 Å². The Labute approximate surface area is 174 Å². The number of nitrogens with zero attached hydrogens (tertiary/aromatic N) is 1. The Bertz CT molecular complexity index is 1230. The number of hydrogen-bond acceptors (Lipinski definition) is 2. The average Bonchev–Trinajstić information content (AvgIpc) is 3.44. The van der Waals surface area contributed by atoms with E-state index >= 15 is 0 Å². The van der Waals surface area contributed by atoms with Gasteiger partial charge in [-0.15, -0.1) is 0 Å². The van der Waals surface area contributed by atoms with Gasteiger partial charge in [0.1, 0.15) is 6.04 Å². The Kier molecular flexibility index (Phi) is 3.55. The molecule has 1 aromatic heterocycles. The van der Waals surface area contributed by atoms with Gasteiger partial charge in [-0.25, -0.2) is 0 Å². The maximum Gasteiger partial charge on any atom is 0.325 e. The van der Waals surface area contributed by atoms with Crippen LogP contribution in [0.1, 0.15) is 34.0 Å². The molecule has 0 unspecified atom stereocenters. The van der Waals surface area contributed by atoms with Crippen LogP contribution in [0.3, 0.4) is 0 Å². The summed E-state index contributed by atoms with van der Waals surface area (Å²) in [7, 11) is 0. The molecule has 2 N–H and O–H groups in total. The van der Waals surface area contributed by atoms with Crippen molar-refractivity contribution in [2.24, 2.45) is 0 Å². The standard InChI is InChI=1S/C26H20N2O2/c29-25(30)24-20-14-15-27-23(20)16-28(24)26(17-8-2-1-3-9-17)21-12-6-4-10-18(21)19-11-5-7-13-22(19)26/h1-15,24,27H,16H2,(H,29,30)/t24-/m0/s1. The molecular weight excluding hydrogens is 372 g/mol. The van der Waals surface area contributed by atoms with Crippen molar-refractivity contribution in [3.05, 3.63) is 119 Å². The van der Waals surface area contributed by atoms with Crippen LogP contribution in [-0.4, -0.2) is 21.0 Å². The summed E-state index contributed by atoms with van der Waals surface area (Å²) in [5.41, 5.74) is 6.81. The number of benzene rings is 3. The molecule has 0 bridgehead atoms. The first-order valence-electron chi connectivity index (χ1n) is 10.1. The summed E-state index contributed by atoms with van der Waals surface area (Å²) in [5.74, 6) is -0.828. The minimum atomic E-state index is -0.828. The summed E-state index contributed by atoms with van der Waals surface area (Å²) >= 11 is 0. The lowest BCUT2D eigenvalue weighted by Crippen LogP contribution is -2.47. The molecule has 6 rings (SSSR count). The smallest absolute Gasteiger partial charge is 0.325 e. The lowest BCUT2D eigenvalue weighted by atomic mass is 9.78. The summed E-state index contributed by atoms with van der Waals surface area (Å²) in [6.45, 7) is 0.539. The summed E-state index contributed by atoms with van der Waals surface area (Å²) in [6, 6.07) is 28.3. The van der Waals surface area contributed by atoms with Gasteiger partial charge >= 0.3 is 5.97 Å². The first-order valence-corrected chi connectivity index (χ1v) is 10.1. The predicted molar refractivity (Wildman–Crippen MR) is 115 cm³/mol. The second-order valence-corrected chi connectivity index (χ2v) is 7.95. The number of aromatic amines is 1. The predicted octanol–water partition coefficient (Wildman–Crippen LogP) is 4.93. The maximum absolute atomic E-state index is 12.6. The summed E-state index contributed by atoms with van der Waals surface area (Å²) in [4.78, 5) is 18.0. The van der Waals surface area contributed by atoms with E-state index in [1.165, 1.54) is 0 Å².